The van der Waals surface area contributed by atoms with Crippen LogP contribution in [0.5, 0.6) is 0 Å². The number of carbonyl (C=O) groups is 1. The number of rotatable bonds is 5. The Morgan fingerprint density at radius 2 is 1.90 bits per heavy atom. The van der Waals surface area contributed by atoms with Gasteiger partial charge >= 0.3 is 5.97 Å². The summed E-state index contributed by atoms with van der Waals surface area (Å²) in [6, 6.07) is 7.96. The number of benzene rings is 1. The Bertz CT molecular complexity index is 633. The number of aromatic nitrogens is 2. The average molecular weight is 289 g/mol. The molecule has 0 fully saturated rings. The fourth-order valence-electron chi connectivity index (χ4n) is 2.61. The number of fused-ring (bicyclic) bond motifs is 1. The number of ether oxygens (including phenoxy) is 1. The second-order valence-electron chi connectivity index (χ2n) is 5.56. The Morgan fingerprint density at radius 3 is 2.52 bits per heavy atom. The molecule has 2 rings (SSSR count). The maximum absolute atomic E-state index is 11.6. The molecule has 0 spiro atoms. The lowest BCUT2D eigenvalue weighted by Gasteiger charge is -2.21. The van der Waals surface area contributed by atoms with Gasteiger partial charge in [-0.3, -0.25) is 10.1 Å². The second kappa shape index (κ2) is 6.26. The molecule has 1 heterocycles. The van der Waals surface area contributed by atoms with Crippen LogP contribution in [0.1, 0.15) is 45.6 Å². The number of methoxy groups -OCH3 is 1. The van der Waals surface area contributed by atoms with Crippen molar-refractivity contribution in [2.75, 3.05) is 7.11 Å². The molecule has 114 valence electrons. The van der Waals surface area contributed by atoms with Crippen LogP contribution < -0.4 is 5.32 Å². The molecule has 2 aromatic rings. The number of hydrogen-bond acceptors (Lipinski definition) is 4. The molecular formula is C16H23N3O2. The van der Waals surface area contributed by atoms with Crippen molar-refractivity contribution in [2.45, 2.75) is 45.8 Å². The maximum Gasteiger partial charge on any atom is 0.322 e. The third-order valence-electron chi connectivity index (χ3n) is 3.58. The minimum Gasteiger partial charge on any atom is -0.468 e. The van der Waals surface area contributed by atoms with E-state index in [9.17, 15) is 4.79 Å². The smallest absolute Gasteiger partial charge is 0.322 e. The molecule has 0 aliphatic heterocycles. The molecule has 21 heavy (non-hydrogen) atoms. The van der Waals surface area contributed by atoms with Gasteiger partial charge in [0.15, 0.2) is 0 Å². The molecule has 0 saturated heterocycles. The first kappa shape index (κ1) is 15.5. The molecule has 1 aromatic heterocycles. The van der Waals surface area contributed by atoms with E-state index in [0.717, 1.165) is 16.9 Å². The maximum atomic E-state index is 11.6. The van der Waals surface area contributed by atoms with Crippen molar-refractivity contribution < 1.29 is 9.53 Å². The Hall–Kier alpha value is -1.88. The van der Waals surface area contributed by atoms with Crippen molar-refractivity contribution >= 4 is 17.0 Å². The summed E-state index contributed by atoms with van der Waals surface area (Å²) in [5.74, 6) is 0.663. The van der Waals surface area contributed by atoms with Gasteiger partial charge in [0.05, 0.1) is 24.2 Å². The minimum absolute atomic E-state index is 0.0473. The predicted octanol–water partition coefficient (Wildman–Crippen LogP) is 2.83. The Kier molecular flexibility index (Phi) is 4.63. The van der Waals surface area contributed by atoms with Gasteiger partial charge in [-0.1, -0.05) is 12.1 Å². The van der Waals surface area contributed by atoms with Gasteiger partial charge in [-0.05, 0) is 39.8 Å². The average Bonchev–Trinajstić information content (AvgIpc) is 2.85. The molecule has 2 atom stereocenters. The number of imidazole rings is 1. The summed E-state index contributed by atoms with van der Waals surface area (Å²) in [5.41, 5.74) is 2.09. The zero-order valence-corrected chi connectivity index (χ0v) is 13.3. The fraction of sp³-hybridized carbons (Fsp3) is 0.500. The second-order valence-corrected chi connectivity index (χ2v) is 5.56. The van der Waals surface area contributed by atoms with Crippen molar-refractivity contribution in [3.63, 3.8) is 0 Å². The molecular weight excluding hydrogens is 266 g/mol. The minimum atomic E-state index is -0.370. The zero-order chi connectivity index (χ0) is 15.6. The number of nitrogens with zero attached hydrogens (tertiary/aromatic N) is 2. The van der Waals surface area contributed by atoms with Crippen LogP contribution in [-0.4, -0.2) is 28.7 Å². The van der Waals surface area contributed by atoms with Crippen LogP contribution in [0.2, 0.25) is 0 Å². The monoisotopic (exact) mass is 289 g/mol. The number of nitrogens with one attached hydrogen (secondary N) is 1. The molecule has 0 unspecified atom stereocenters. The van der Waals surface area contributed by atoms with Crippen LogP contribution in [-0.2, 0) is 9.53 Å². The van der Waals surface area contributed by atoms with E-state index in [4.69, 9.17) is 9.72 Å². The summed E-state index contributed by atoms with van der Waals surface area (Å²) in [6.45, 7) is 8.08. The Labute approximate surface area is 125 Å². The summed E-state index contributed by atoms with van der Waals surface area (Å²) in [7, 11) is 1.40. The SMILES string of the molecule is COC(=O)[C@@H](C)N[C@H](C)c1nc2ccccc2n1C(C)C. The zero-order valence-electron chi connectivity index (χ0n) is 13.3. The van der Waals surface area contributed by atoms with E-state index in [2.05, 4.69) is 29.8 Å². The molecule has 5 nitrogen and oxygen atoms in total. The van der Waals surface area contributed by atoms with Crippen molar-refractivity contribution in [2.24, 2.45) is 0 Å². The first-order valence-corrected chi connectivity index (χ1v) is 7.26. The lowest BCUT2D eigenvalue weighted by molar-refractivity contribution is -0.142. The molecule has 1 N–H and O–H groups in total. The van der Waals surface area contributed by atoms with Gasteiger partial charge in [0.25, 0.3) is 0 Å². The van der Waals surface area contributed by atoms with Crippen molar-refractivity contribution in [1.29, 1.82) is 0 Å². The molecule has 0 bridgehead atoms. The number of esters is 1. The van der Waals surface area contributed by atoms with Gasteiger partial charge in [-0.25, -0.2) is 4.98 Å². The van der Waals surface area contributed by atoms with Gasteiger partial charge in [-0.2, -0.15) is 0 Å². The first-order valence-electron chi connectivity index (χ1n) is 7.26. The van der Waals surface area contributed by atoms with Crippen molar-refractivity contribution in [3.05, 3.63) is 30.1 Å². The van der Waals surface area contributed by atoms with Crippen LogP contribution in [0, 0.1) is 0 Å². The first-order chi connectivity index (χ1) is 9.95. The van der Waals surface area contributed by atoms with Crippen LogP contribution in [0.3, 0.4) is 0 Å². The topological polar surface area (TPSA) is 56.1 Å². The van der Waals surface area contributed by atoms with Crippen molar-refractivity contribution in [3.8, 4) is 0 Å². The van der Waals surface area contributed by atoms with E-state index in [1.54, 1.807) is 6.92 Å². The molecule has 0 amide bonds. The normalized spacial score (nSPS) is 14.4. The quantitative estimate of drug-likeness (QED) is 0.860. The largest absolute Gasteiger partial charge is 0.468 e. The highest BCUT2D eigenvalue weighted by molar-refractivity contribution is 5.76. The van der Waals surface area contributed by atoms with E-state index in [1.807, 2.05) is 25.1 Å². The predicted molar refractivity (Wildman–Crippen MR) is 83.1 cm³/mol. The summed E-state index contributed by atoms with van der Waals surface area (Å²) in [5, 5.41) is 3.25. The Balaban J connectivity index is 2.36. The number of para-hydroxylation sites is 2. The Morgan fingerprint density at radius 1 is 1.24 bits per heavy atom. The van der Waals surface area contributed by atoms with Crippen LogP contribution in [0.4, 0.5) is 0 Å². The summed E-state index contributed by atoms with van der Waals surface area (Å²) in [4.78, 5) is 16.3. The molecule has 1 aromatic carbocycles. The van der Waals surface area contributed by atoms with Gasteiger partial charge in [0, 0.05) is 6.04 Å². The van der Waals surface area contributed by atoms with Crippen LogP contribution in [0.25, 0.3) is 11.0 Å². The lowest BCUT2D eigenvalue weighted by Crippen LogP contribution is -2.37. The van der Waals surface area contributed by atoms with Crippen molar-refractivity contribution in [1.82, 2.24) is 14.9 Å². The summed E-state index contributed by atoms with van der Waals surface area (Å²) >= 11 is 0. The molecule has 0 aliphatic carbocycles. The van der Waals surface area contributed by atoms with E-state index < -0.39 is 0 Å². The molecule has 0 aliphatic rings. The fourth-order valence-corrected chi connectivity index (χ4v) is 2.61. The van der Waals surface area contributed by atoms with Crippen LogP contribution in [0.15, 0.2) is 24.3 Å². The highest BCUT2D eigenvalue weighted by Crippen LogP contribution is 2.25. The van der Waals surface area contributed by atoms with E-state index in [0.29, 0.717) is 6.04 Å². The molecule has 0 radical (unpaired) electrons. The van der Waals surface area contributed by atoms with Gasteiger partial charge in [0.1, 0.15) is 11.9 Å². The third-order valence-corrected chi connectivity index (χ3v) is 3.58. The highest BCUT2D eigenvalue weighted by atomic mass is 16.5. The van der Waals surface area contributed by atoms with Gasteiger partial charge < -0.3 is 9.30 Å². The standard InChI is InChI=1S/C16H23N3O2/c1-10(2)19-14-9-7-6-8-13(14)18-15(19)11(3)17-12(4)16(20)21-5/h6-12,17H,1-5H3/t11-,12-/m1/s1. The van der Waals surface area contributed by atoms with Gasteiger partial charge in [0.2, 0.25) is 0 Å². The third kappa shape index (κ3) is 3.08. The van der Waals surface area contributed by atoms with E-state index in [-0.39, 0.29) is 18.1 Å². The summed E-state index contributed by atoms with van der Waals surface area (Å²) < 4.78 is 6.96. The molecule has 0 saturated carbocycles. The number of hydrogen-bond donors (Lipinski definition) is 1. The van der Waals surface area contributed by atoms with E-state index in [1.165, 1.54) is 7.11 Å². The summed E-state index contributed by atoms with van der Waals surface area (Å²) in [6.07, 6.45) is 0. The molecule has 5 heteroatoms. The van der Waals surface area contributed by atoms with Gasteiger partial charge in [-0.15, -0.1) is 0 Å². The van der Waals surface area contributed by atoms with Crippen LogP contribution >= 0.6 is 0 Å². The number of carbonyl (C=O) groups excluding carboxylic acids is 1. The highest BCUT2D eigenvalue weighted by Gasteiger charge is 2.22. The van der Waals surface area contributed by atoms with E-state index >= 15 is 0 Å². The lowest BCUT2D eigenvalue weighted by atomic mass is 10.2.